The Bertz CT molecular complexity index is 136. The van der Waals surface area contributed by atoms with Crippen molar-refractivity contribution in [3.63, 3.8) is 0 Å². The minimum Gasteiger partial charge on any atom is -0.347 e. The zero-order chi connectivity index (χ0) is 9.90. The first-order valence-electron chi connectivity index (χ1n) is 5.04. The SMILES string of the molecule is CC(C)C1(C(C)C)OCCCOO1. The molecule has 0 aromatic rings. The molecule has 0 aromatic carbocycles. The second-order valence-corrected chi connectivity index (χ2v) is 4.14. The summed E-state index contributed by atoms with van der Waals surface area (Å²) in [4.78, 5) is 10.5. The molecule has 3 nitrogen and oxygen atoms in total. The fourth-order valence-electron chi connectivity index (χ4n) is 1.70. The minimum atomic E-state index is -0.559. The molecule has 0 bridgehead atoms. The molecule has 1 rings (SSSR count). The van der Waals surface area contributed by atoms with E-state index in [0.717, 1.165) is 13.0 Å². The summed E-state index contributed by atoms with van der Waals surface area (Å²) in [5.74, 6) is 0.0347. The molecule has 78 valence electrons. The highest BCUT2D eigenvalue weighted by atomic mass is 17.2. The second-order valence-electron chi connectivity index (χ2n) is 4.14. The third kappa shape index (κ3) is 2.22. The second kappa shape index (κ2) is 4.40. The molecule has 0 unspecified atom stereocenters. The van der Waals surface area contributed by atoms with E-state index in [2.05, 4.69) is 27.7 Å². The van der Waals surface area contributed by atoms with Gasteiger partial charge in [0.05, 0.1) is 13.2 Å². The molecule has 1 aliphatic rings. The zero-order valence-corrected chi connectivity index (χ0v) is 9.00. The van der Waals surface area contributed by atoms with Gasteiger partial charge in [0.2, 0.25) is 5.79 Å². The Morgan fingerprint density at radius 2 is 1.62 bits per heavy atom. The van der Waals surface area contributed by atoms with E-state index in [-0.39, 0.29) is 0 Å². The van der Waals surface area contributed by atoms with Crippen LogP contribution in [0.3, 0.4) is 0 Å². The standard InChI is InChI=1S/C10H20O3/c1-8(2)10(9(3)4)11-6-5-7-12-13-10/h8-9H,5-7H2,1-4H3. The number of hydrogen-bond acceptors (Lipinski definition) is 3. The van der Waals surface area contributed by atoms with Crippen molar-refractivity contribution in [2.75, 3.05) is 13.2 Å². The van der Waals surface area contributed by atoms with Crippen LogP contribution in [0.4, 0.5) is 0 Å². The van der Waals surface area contributed by atoms with E-state index in [1.807, 2.05) is 0 Å². The molecule has 0 aromatic heterocycles. The molecular weight excluding hydrogens is 168 g/mol. The summed E-state index contributed by atoms with van der Waals surface area (Å²) in [6, 6.07) is 0. The van der Waals surface area contributed by atoms with Gasteiger partial charge < -0.3 is 4.74 Å². The summed E-state index contributed by atoms with van der Waals surface area (Å²) >= 11 is 0. The van der Waals surface area contributed by atoms with Gasteiger partial charge in [0.15, 0.2) is 0 Å². The molecule has 1 heterocycles. The lowest BCUT2D eigenvalue weighted by Crippen LogP contribution is -2.45. The monoisotopic (exact) mass is 188 g/mol. The van der Waals surface area contributed by atoms with E-state index < -0.39 is 5.79 Å². The molecule has 3 heteroatoms. The largest absolute Gasteiger partial charge is 0.347 e. The van der Waals surface area contributed by atoms with Crippen LogP contribution >= 0.6 is 0 Å². The lowest BCUT2D eigenvalue weighted by molar-refractivity contribution is -0.439. The summed E-state index contributed by atoms with van der Waals surface area (Å²) in [6.45, 7) is 9.71. The van der Waals surface area contributed by atoms with E-state index in [1.54, 1.807) is 0 Å². The lowest BCUT2D eigenvalue weighted by Gasteiger charge is -2.37. The summed E-state index contributed by atoms with van der Waals surface area (Å²) in [5, 5.41) is 0. The Labute approximate surface area is 80.3 Å². The lowest BCUT2D eigenvalue weighted by atomic mass is 9.91. The van der Waals surface area contributed by atoms with Gasteiger partial charge in [0, 0.05) is 11.8 Å². The first-order valence-corrected chi connectivity index (χ1v) is 5.04. The minimum absolute atomic E-state index is 0.297. The van der Waals surface area contributed by atoms with Crippen LogP contribution in [0.25, 0.3) is 0 Å². The van der Waals surface area contributed by atoms with Gasteiger partial charge in [0.25, 0.3) is 0 Å². The van der Waals surface area contributed by atoms with Gasteiger partial charge in [-0.1, -0.05) is 27.7 Å². The van der Waals surface area contributed by atoms with Gasteiger partial charge in [-0.05, 0) is 6.42 Å². The third-order valence-corrected chi connectivity index (χ3v) is 2.50. The van der Waals surface area contributed by atoms with Crippen LogP contribution in [0.1, 0.15) is 34.1 Å². The van der Waals surface area contributed by atoms with Crippen LogP contribution in [0.2, 0.25) is 0 Å². The zero-order valence-electron chi connectivity index (χ0n) is 9.00. The van der Waals surface area contributed by atoms with E-state index >= 15 is 0 Å². The highest BCUT2D eigenvalue weighted by Gasteiger charge is 2.42. The summed E-state index contributed by atoms with van der Waals surface area (Å²) in [7, 11) is 0. The van der Waals surface area contributed by atoms with Gasteiger partial charge in [-0.25, -0.2) is 9.78 Å². The maximum atomic E-state index is 5.77. The first-order chi connectivity index (χ1) is 6.09. The molecule has 13 heavy (non-hydrogen) atoms. The van der Waals surface area contributed by atoms with Crippen molar-refractivity contribution in [3.8, 4) is 0 Å². The van der Waals surface area contributed by atoms with Gasteiger partial charge in [-0.15, -0.1) is 0 Å². The molecule has 0 aliphatic carbocycles. The fourth-order valence-corrected chi connectivity index (χ4v) is 1.70. The Balaban J connectivity index is 2.74. The van der Waals surface area contributed by atoms with Crippen molar-refractivity contribution in [3.05, 3.63) is 0 Å². The number of ether oxygens (including phenoxy) is 1. The molecule has 1 aliphatic heterocycles. The van der Waals surface area contributed by atoms with Gasteiger partial charge in [-0.2, -0.15) is 0 Å². The van der Waals surface area contributed by atoms with Gasteiger partial charge in [0.1, 0.15) is 0 Å². The number of rotatable bonds is 2. The Hall–Kier alpha value is -0.120. The maximum Gasteiger partial charge on any atom is 0.206 e. The molecule has 0 amide bonds. The van der Waals surface area contributed by atoms with Crippen LogP contribution in [0.15, 0.2) is 0 Å². The third-order valence-electron chi connectivity index (χ3n) is 2.50. The van der Waals surface area contributed by atoms with E-state index in [9.17, 15) is 0 Å². The van der Waals surface area contributed by atoms with E-state index in [0.29, 0.717) is 18.4 Å². The van der Waals surface area contributed by atoms with Gasteiger partial charge >= 0.3 is 0 Å². The van der Waals surface area contributed by atoms with Crippen LogP contribution in [0, 0.1) is 11.8 Å². The Kier molecular flexibility index (Phi) is 3.71. The Morgan fingerprint density at radius 3 is 2.15 bits per heavy atom. The average molecular weight is 188 g/mol. The van der Waals surface area contributed by atoms with Crippen LogP contribution in [-0.2, 0) is 14.5 Å². The molecule has 0 N–H and O–H groups in total. The molecule has 1 saturated heterocycles. The molecule has 0 saturated carbocycles. The maximum absolute atomic E-state index is 5.77. The van der Waals surface area contributed by atoms with Crippen LogP contribution in [0.5, 0.6) is 0 Å². The molecule has 1 fully saturated rings. The fraction of sp³-hybridized carbons (Fsp3) is 1.00. The van der Waals surface area contributed by atoms with Crippen molar-refractivity contribution in [1.29, 1.82) is 0 Å². The summed E-state index contributed by atoms with van der Waals surface area (Å²) < 4.78 is 5.77. The summed E-state index contributed by atoms with van der Waals surface area (Å²) in [6.07, 6.45) is 0.904. The van der Waals surface area contributed by atoms with Crippen molar-refractivity contribution in [2.24, 2.45) is 11.8 Å². The predicted octanol–water partition coefficient (Wildman–Crippen LogP) is 2.36. The van der Waals surface area contributed by atoms with E-state index in [1.165, 1.54) is 0 Å². The number of hydrogen-bond donors (Lipinski definition) is 0. The quantitative estimate of drug-likeness (QED) is 0.623. The van der Waals surface area contributed by atoms with Crippen molar-refractivity contribution in [1.82, 2.24) is 0 Å². The van der Waals surface area contributed by atoms with Crippen LogP contribution in [-0.4, -0.2) is 19.0 Å². The van der Waals surface area contributed by atoms with Crippen molar-refractivity contribution < 1.29 is 14.5 Å². The topological polar surface area (TPSA) is 27.7 Å². The molecule has 0 spiro atoms. The molecular formula is C10H20O3. The highest BCUT2D eigenvalue weighted by Crippen LogP contribution is 2.33. The van der Waals surface area contributed by atoms with E-state index in [4.69, 9.17) is 14.5 Å². The van der Waals surface area contributed by atoms with Crippen molar-refractivity contribution in [2.45, 2.75) is 39.9 Å². The Morgan fingerprint density at radius 1 is 1.00 bits per heavy atom. The average Bonchev–Trinajstić information content (AvgIpc) is 2.28. The van der Waals surface area contributed by atoms with Gasteiger partial charge in [-0.3, -0.25) is 0 Å². The molecule has 0 radical (unpaired) electrons. The molecule has 0 atom stereocenters. The summed E-state index contributed by atoms with van der Waals surface area (Å²) in [5.41, 5.74) is 0. The smallest absolute Gasteiger partial charge is 0.206 e. The normalized spacial score (nSPS) is 23.5. The predicted molar refractivity (Wildman–Crippen MR) is 50.0 cm³/mol. The first kappa shape index (κ1) is 11.0. The van der Waals surface area contributed by atoms with Crippen LogP contribution < -0.4 is 0 Å². The highest BCUT2D eigenvalue weighted by molar-refractivity contribution is 4.77. The van der Waals surface area contributed by atoms with Crippen molar-refractivity contribution >= 4 is 0 Å².